The molecule has 5 rings (SSSR count). The van der Waals surface area contributed by atoms with Crippen LogP contribution in [0.15, 0.2) is 53.6 Å². The van der Waals surface area contributed by atoms with Gasteiger partial charge in [-0.05, 0) is 61.2 Å². The van der Waals surface area contributed by atoms with E-state index in [1.807, 2.05) is 13.8 Å². The van der Waals surface area contributed by atoms with Gasteiger partial charge in [-0.1, -0.05) is 13.8 Å². The average Bonchev–Trinajstić information content (AvgIpc) is 3.38. The summed E-state index contributed by atoms with van der Waals surface area (Å²) in [7, 11) is -4.63. The minimum absolute atomic E-state index is 0.0930. The zero-order valence-corrected chi connectivity index (χ0v) is 23.5. The summed E-state index contributed by atoms with van der Waals surface area (Å²) in [5.41, 5.74) is 1.17. The van der Waals surface area contributed by atoms with Crippen molar-refractivity contribution in [3.8, 4) is 21.8 Å². The number of anilines is 1. The number of sulfonamides is 1. The van der Waals surface area contributed by atoms with E-state index in [0.717, 1.165) is 54.5 Å². The van der Waals surface area contributed by atoms with Crippen molar-refractivity contribution in [2.75, 3.05) is 17.9 Å². The highest BCUT2D eigenvalue weighted by molar-refractivity contribution is 7.92. The van der Waals surface area contributed by atoms with Crippen LogP contribution in [0, 0.1) is 23.4 Å². The van der Waals surface area contributed by atoms with Gasteiger partial charge in [-0.15, -0.1) is 11.3 Å². The second-order valence-electron chi connectivity index (χ2n) is 9.88. The Morgan fingerprint density at radius 3 is 2.52 bits per heavy atom. The highest BCUT2D eigenvalue weighted by Crippen LogP contribution is 2.39. The molecule has 3 heterocycles. The van der Waals surface area contributed by atoms with E-state index in [2.05, 4.69) is 9.71 Å². The largest absolute Gasteiger partial charge is 0.381 e. The molecule has 1 N–H and O–H groups in total. The molecule has 7 nitrogen and oxygen atoms in total. The van der Waals surface area contributed by atoms with Crippen LogP contribution in [0.3, 0.4) is 0 Å². The second kappa shape index (κ2) is 11.6. The molecule has 2 aromatic heterocycles. The van der Waals surface area contributed by atoms with Gasteiger partial charge in [0.1, 0.15) is 28.2 Å². The number of ether oxygens (including phenoxy) is 1. The van der Waals surface area contributed by atoms with Crippen molar-refractivity contribution in [3.63, 3.8) is 0 Å². The van der Waals surface area contributed by atoms with E-state index in [0.29, 0.717) is 40.8 Å². The normalized spacial score (nSPS) is 14.6. The number of nitrogens with one attached hydrogen (secondary N) is 1. The molecule has 0 aliphatic carbocycles. The lowest BCUT2D eigenvalue weighted by Crippen LogP contribution is -2.18. The number of hydrogen-bond acceptors (Lipinski definition) is 7. The maximum Gasteiger partial charge on any atom is 0.265 e. The van der Waals surface area contributed by atoms with E-state index >= 15 is 0 Å². The summed E-state index contributed by atoms with van der Waals surface area (Å²) in [4.78, 5) is 13.9. The van der Waals surface area contributed by atoms with Gasteiger partial charge >= 0.3 is 0 Å². The van der Waals surface area contributed by atoms with Crippen molar-refractivity contribution in [1.29, 1.82) is 0 Å². The first-order chi connectivity index (χ1) is 19.1. The number of rotatable bonds is 8. The van der Waals surface area contributed by atoms with Gasteiger partial charge in [-0.3, -0.25) is 4.72 Å². The van der Waals surface area contributed by atoms with Crippen molar-refractivity contribution in [3.05, 3.63) is 76.9 Å². The molecule has 1 aliphatic rings. The Balaban J connectivity index is 1.52. The fourth-order valence-electron chi connectivity index (χ4n) is 4.42. The SMILES string of the molecule is CC(C)c1nc(-c2ccc(F)c(NS(=O)(=O)c3cc(F)ccc3F)c2)c(-c2ccnc(CC3CCOCC3)n2)s1. The van der Waals surface area contributed by atoms with Gasteiger partial charge in [0.2, 0.25) is 0 Å². The second-order valence-corrected chi connectivity index (χ2v) is 12.6. The van der Waals surface area contributed by atoms with Crippen molar-refractivity contribution in [2.24, 2.45) is 5.92 Å². The molecule has 210 valence electrons. The molecule has 0 unspecified atom stereocenters. The van der Waals surface area contributed by atoms with Gasteiger partial charge in [0.05, 0.1) is 27.0 Å². The van der Waals surface area contributed by atoms with Gasteiger partial charge in [0.15, 0.2) is 0 Å². The van der Waals surface area contributed by atoms with Crippen LogP contribution in [0.25, 0.3) is 21.8 Å². The molecule has 4 aromatic rings. The third-order valence-electron chi connectivity index (χ3n) is 6.55. The number of halogens is 3. The molecule has 0 spiro atoms. The zero-order chi connectivity index (χ0) is 28.4. The summed E-state index contributed by atoms with van der Waals surface area (Å²) in [6, 6.07) is 7.70. The maximum absolute atomic E-state index is 14.8. The Morgan fingerprint density at radius 1 is 1.02 bits per heavy atom. The summed E-state index contributed by atoms with van der Waals surface area (Å²) >= 11 is 1.45. The highest BCUT2D eigenvalue weighted by atomic mass is 32.2. The van der Waals surface area contributed by atoms with Crippen LogP contribution in [-0.2, 0) is 21.2 Å². The summed E-state index contributed by atoms with van der Waals surface area (Å²) in [6.45, 7) is 5.45. The lowest BCUT2D eigenvalue weighted by atomic mass is 9.96. The molecular weight excluding hydrogens is 561 g/mol. The van der Waals surface area contributed by atoms with E-state index in [-0.39, 0.29) is 5.92 Å². The van der Waals surface area contributed by atoms with Gasteiger partial charge < -0.3 is 4.74 Å². The van der Waals surface area contributed by atoms with Crippen LogP contribution in [0.1, 0.15) is 43.4 Å². The topological polar surface area (TPSA) is 94.1 Å². The molecule has 0 amide bonds. The van der Waals surface area contributed by atoms with Crippen LogP contribution in [0.2, 0.25) is 0 Å². The first-order valence-corrected chi connectivity index (χ1v) is 15.1. The average molecular weight is 589 g/mol. The third kappa shape index (κ3) is 6.18. The quantitative estimate of drug-likeness (QED) is 0.250. The van der Waals surface area contributed by atoms with E-state index < -0.39 is 38.1 Å². The standard InChI is InChI=1S/C28H27F3N4O3S2/c1-16(2)28-34-26(27(39-28)22-7-10-32-25(33-22)13-17-8-11-38-12-9-17)18-3-5-20(30)23(14-18)35-40(36,37)24-15-19(29)4-6-21(24)31/h3-7,10,14-17,35H,8-9,11-13H2,1-2H3. The minimum Gasteiger partial charge on any atom is -0.381 e. The van der Waals surface area contributed by atoms with Gasteiger partial charge in [0.25, 0.3) is 10.0 Å². The Kier molecular flexibility index (Phi) is 8.20. The maximum atomic E-state index is 14.8. The van der Waals surface area contributed by atoms with Crippen LogP contribution in [-0.4, -0.2) is 36.6 Å². The molecule has 0 atom stereocenters. The number of benzene rings is 2. The third-order valence-corrected chi connectivity index (χ3v) is 9.31. The molecule has 1 saturated heterocycles. The fraction of sp³-hybridized carbons (Fsp3) is 0.321. The first kappa shape index (κ1) is 28.2. The smallest absolute Gasteiger partial charge is 0.265 e. The fourth-order valence-corrected chi connectivity index (χ4v) is 6.63. The molecule has 0 saturated carbocycles. The number of thiazole rings is 1. The Bertz CT molecular complexity index is 1640. The molecule has 0 bridgehead atoms. The monoisotopic (exact) mass is 588 g/mol. The summed E-state index contributed by atoms with van der Waals surface area (Å²) in [6.07, 6.45) is 4.32. The van der Waals surface area contributed by atoms with E-state index in [4.69, 9.17) is 14.7 Å². The van der Waals surface area contributed by atoms with Gasteiger partial charge in [-0.2, -0.15) is 0 Å². The summed E-state index contributed by atoms with van der Waals surface area (Å²) in [5, 5.41) is 0.822. The van der Waals surface area contributed by atoms with Crippen LogP contribution >= 0.6 is 11.3 Å². The highest BCUT2D eigenvalue weighted by Gasteiger charge is 2.24. The van der Waals surface area contributed by atoms with Gasteiger partial charge in [0, 0.05) is 37.3 Å². The summed E-state index contributed by atoms with van der Waals surface area (Å²) in [5.74, 6) is -1.74. The lowest BCUT2D eigenvalue weighted by Gasteiger charge is -2.21. The van der Waals surface area contributed by atoms with E-state index in [9.17, 15) is 21.6 Å². The van der Waals surface area contributed by atoms with Crippen LogP contribution in [0.4, 0.5) is 18.9 Å². The van der Waals surface area contributed by atoms with Gasteiger partial charge in [-0.25, -0.2) is 36.5 Å². The van der Waals surface area contributed by atoms with E-state index in [1.54, 1.807) is 12.3 Å². The molecule has 0 radical (unpaired) electrons. The molecule has 1 aliphatic heterocycles. The number of nitrogens with zero attached hydrogens (tertiary/aromatic N) is 3. The molecule has 1 fully saturated rings. The molecule has 12 heteroatoms. The van der Waals surface area contributed by atoms with Crippen LogP contribution < -0.4 is 4.72 Å². The van der Waals surface area contributed by atoms with Crippen molar-refractivity contribution < 1.29 is 26.3 Å². The van der Waals surface area contributed by atoms with Crippen molar-refractivity contribution in [2.45, 2.75) is 43.9 Å². The molecule has 2 aromatic carbocycles. The Hall–Kier alpha value is -3.35. The first-order valence-electron chi connectivity index (χ1n) is 12.8. The Morgan fingerprint density at radius 2 is 1.77 bits per heavy atom. The molecule has 40 heavy (non-hydrogen) atoms. The van der Waals surface area contributed by atoms with Crippen LogP contribution in [0.5, 0.6) is 0 Å². The van der Waals surface area contributed by atoms with E-state index in [1.165, 1.54) is 23.5 Å². The zero-order valence-electron chi connectivity index (χ0n) is 21.8. The predicted molar refractivity (Wildman–Crippen MR) is 147 cm³/mol. The Labute approximate surface area is 234 Å². The minimum atomic E-state index is -4.63. The summed E-state index contributed by atoms with van der Waals surface area (Å²) < 4.78 is 75.8. The van der Waals surface area contributed by atoms with Crippen molar-refractivity contribution >= 4 is 27.0 Å². The van der Waals surface area contributed by atoms with Crippen molar-refractivity contribution in [1.82, 2.24) is 15.0 Å². The molecular formula is C28H27F3N4O3S2. The lowest BCUT2D eigenvalue weighted by molar-refractivity contribution is 0.0660. The number of aromatic nitrogens is 3. The predicted octanol–water partition coefficient (Wildman–Crippen LogP) is 6.58. The number of hydrogen-bond donors (Lipinski definition) is 1.